The number of ether oxygens (including phenoxy) is 1. The van der Waals surface area contributed by atoms with Gasteiger partial charge in [-0.3, -0.25) is 0 Å². The monoisotopic (exact) mass is 376 g/mol. The van der Waals surface area contributed by atoms with Gasteiger partial charge in [0.1, 0.15) is 29.4 Å². The summed E-state index contributed by atoms with van der Waals surface area (Å²) in [5, 5.41) is 28.0. The molecule has 1 aliphatic heterocycles. The standard InChI is InChI=1S/C22H26N5O/c1-22(2)20(19(15-25)21(28-22)17(13-23)14-24)16-7-9-18(10-8-16)26(3)11-12-27(4,5)6/h7-10H,11-12H2,1-6H3/q+1. The Bertz CT molecular complexity index is 925. The lowest BCUT2D eigenvalue weighted by Crippen LogP contribution is -2.41. The molecular weight excluding hydrogens is 350 g/mol. The first kappa shape index (κ1) is 21.0. The van der Waals surface area contributed by atoms with E-state index in [4.69, 9.17) is 4.74 Å². The fourth-order valence-corrected chi connectivity index (χ4v) is 3.13. The maximum absolute atomic E-state index is 9.68. The summed E-state index contributed by atoms with van der Waals surface area (Å²) in [4.78, 5) is 2.19. The molecule has 1 aromatic carbocycles. The zero-order valence-electron chi connectivity index (χ0n) is 17.4. The van der Waals surface area contributed by atoms with Gasteiger partial charge in [-0.2, -0.15) is 15.8 Å². The molecule has 0 fully saturated rings. The van der Waals surface area contributed by atoms with Crippen LogP contribution >= 0.6 is 0 Å². The second-order valence-corrected chi connectivity index (χ2v) is 8.38. The SMILES string of the molecule is CN(CC[N+](C)(C)C)c1ccc(C2=C(C#N)C(=C(C#N)C#N)OC2(C)C)cc1. The lowest BCUT2D eigenvalue weighted by Gasteiger charge is -2.28. The average molecular weight is 376 g/mol. The van der Waals surface area contributed by atoms with Crippen LogP contribution in [0.1, 0.15) is 19.4 Å². The summed E-state index contributed by atoms with van der Waals surface area (Å²) in [5.41, 5.74) is 1.87. The van der Waals surface area contributed by atoms with Crippen LogP contribution in [0.25, 0.3) is 5.57 Å². The van der Waals surface area contributed by atoms with Crippen LogP contribution in [-0.2, 0) is 4.74 Å². The van der Waals surface area contributed by atoms with E-state index < -0.39 is 5.60 Å². The first-order chi connectivity index (χ1) is 13.0. The van der Waals surface area contributed by atoms with Gasteiger partial charge in [-0.25, -0.2) is 0 Å². The summed E-state index contributed by atoms with van der Waals surface area (Å²) in [6, 6.07) is 13.7. The predicted molar refractivity (Wildman–Crippen MR) is 109 cm³/mol. The Labute approximate surface area is 167 Å². The van der Waals surface area contributed by atoms with Gasteiger partial charge in [0.05, 0.1) is 34.2 Å². The zero-order valence-corrected chi connectivity index (χ0v) is 17.4. The minimum absolute atomic E-state index is 0.0663. The molecule has 1 aromatic rings. The topological polar surface area (TPSA) is 83.8 Å². The summed E-state index contributed by atoms with van der Waals surface area (Å²) in [5.74, 6) is 0.0663. The molecule has 144 valence electrons. The van der Waals surface area contributed by atoms with Gasteiger partial charge in [-0.15, -0.1) is 0 Å². The van der Waals surface area contributed by atoms with Gasteiger partial charge in [-0.1, -0.05) is 12.1 Å². The number of rotatable bonds is 5. The third-order valence-electron chi connectivity index (χ3n) is 4.70. The molecule has 0 aromatic heterocycles. The molecular formula is C22H26N5O+. The Morgan fingerprint density at radius 1 is 1.07 bits per heavy atom. The lowest BCUT2D eigenvalue weighted by molar-refractivity contribution is -0.868. The van der Waals surface area contributed by atoms with E-state index in [1.807, 2.05) is 50.3 Å². The predicted octanol–water partition coefficient (Wildman–Crippen LogP) is 3.22. The number of hydrogen-bond donors (Lipinski definition) is 0. The Morgan fingerprint density at radius 2 is 1.64 bits per heavy atom. The highest BCUT2D eigenvalue weighted by atomic mass is 16.5. The maximum Gasteiger partial charge on any atom is 0.172 e. The molecule has 0 unspecified atom stereocenters. The molecule has 1 heterocycles. The van der Waals surface area contributed by atoms with Crippen LogP contribution in [0.5, 0.6) is 0 Å². The van der Waals surface area contributed by atoms with E-state index in [9.17, 15) is 15.8 Å². The zero-order chi connectivity index (χ0) is 21.1. The molecule has 1 aliphatic rings. The molecule has 0 amide bonds. The molecule has 6 heteroatoms. The molecule has 0 saturated carbocycles. The smallest absolute Gasteiger partial charge is 0.172 e. The number of benzene rings is 1. The van der Waals surface area contributed by atoms with E-state index in [2.05, 4.69) is 39.2 Å². The molecule has 0 N–H and O–H groups in total. The van der Waals surface area contributed by atoms with Crippen LogP contribution in [0.3, 0.4) is 0 Å². The summed E-state index contributed by atoms with van der Waals surface area (Å²) in [6.45, 7) is 5.60. The second-order valence-electron chi connectivity index (χ2n) is 8.38. The normalized spacial score (nSPS) is 15.3. The van der Waals surface area contributed by atoms with E-state index in [1.54, 1.807) is 0 Å². The number of likely N-dealkylation sites (N-methyl/N-ethyl adjacent to an activating group) is 2. The van der Waals surface area contributed by atoms with Gasteiger partial charge in [-0.05, 0) is 31.5 Å². The fourth-order valence-electron chi connectivity index (χ4n) is 3.13. The Kier molecular flexibility index (Phi) is 5.84. The fraction of sp³-hybridized carbons (Fsp3) is 0.409. The van der Waals surface area contributed by atoms with Crippen LogP contribution in [0.15, 0.2) is 41.2 Å². The quantitative estimate of drug-likeness (QED) is 0.582. The van der Waals surface area contributed by atoms with Gasteiger partial charge in [0.15, 0.2) is 11.3 Å². The molecule has 0 bridgehead atoms. The molecule has 0 spiro atoms. The van der Waals surface area contributed by atoms with Crippen molar-refractivity contribution in [3.63, 3.8) is 0 Å². The third-order valence-corrected chi connectivity index (χ3v) is 4.70. The van der Waals surface area contributed by atoms with Crippen LogP contribution in [0.4, 0.5) is 5.69 Å². The Morgan fingerprint density at radius 3 is 2.11 bits per heavy atom. The van der Waals surface area contributed by atoms with Gasteiger partial charge >= 0.3 is 0 Å². The largest absolute Gasteiger partial charge is 0.480 e. The lowest BCUT2D eigenvalue weighted by atomic mass is 9.89. The van der Waals surface area contributed by atoms with Crippen molar-refractivity contribution in [3.8, 4) is 18.2 Å². The van der Waals surface area contributed by atoms with Crippen LogP contribution in [-0.4, -0.2) is 51.4 Å². The number of allylic oxidation sites excluding steroid dienone is 2. The van der Waals surface area contributed by atoms with Crippen LogP contribution in [0, 0.1) is 34.0 Å². The van der Waals surface area contributed by atoms with Crippen molar-refractivity contribution in [2.24, 2.45) is 0 Å². The van der Waals surface area contributed by atoms with Crippen molar-refractivity contribution in [2.75, 3.05) is 46.2 Å². The van der Waals surface area contributed by atoms with E-state index in [1.165, 1.54) is 0 Å². The second kappa shape index (κ2) is 7.77. The molecule has 0 saturated heterocycles. The third kappa shape index (κ3) is 4.34. The molecule has 6 nitrogen and oxygen atoms in total. The van der Waals surface area contributed by atoms with Crippen molar-refractivity contribution in [3.05, 3.63) is 46.7 Å². The number of nitriles is 3. The summed E-state index contributed by atoms with van der Waals surface area (Å²) in [7, 11) is 8.55. The van der Waals surface area contributed by atoms with Gasteiger partial charge in [0, 0.05) is 18.3 Å². The molecule has 2 rings (SSSR count). The van der Waals surface area contributed by atoms with Crippen LogP contribution in [0.2, 0.25) is 0 Å². The molecule has 0 radical (unpaired) electrons. The summed E-state index contributed by atoms with van der Waals surface area (Å²) >= 11 is 0. The van der Waals surface area contributed by atoms with Gasteiger partial charge in [0.25, 0.3) is 0 Å². The van der Waals surface area contributed by atoms with Crippen molar-refractivity contribution in [1.29, 1.82) is 15.8 Å². The minimum atomic E-state index is -0.809. The number of hydrogen-bond acceptors (Lipinski definition) is 5. The van der Waals surface area contributed by atoms with Crippen molar-refractivity contribution in [2.45, 2.75) is 19.4 Å². The van der Waals surface area contributed by atoms with Crippen molar-refractivity contribution >= 4 is 11.3 Å². The van der Waals surface area contributed by atoms with E-state index >= 15 is 0 Å². The number of nitrogens with zero attached hydrogens (tertiary/aromatic N) is 5. The van der Waals surface area contributed by atoms with E-state index in [0.717, 1.165) is 28.8 Å². The summed E-state index contributed by atoms with van der Waals surface area (Å²) < 4.78 is 6.73. The Balaban J connectivity index is 2.42. The number of quaternary nitrogens is 1. The highest BCUT2D eigenvalue weighted by Gasteiger charge is 2.40. The van der Waals surface area contributed by atoms with Crippen molar-refractivity contribution < 1.29 is 9.22 Å². The minimum Gasteiger partial charge on any atom is -0.480 e. The average Bonchev–Trinajstić information content (AvgIpc) is 2.90. The van der Waals surface area contributed by atoms with Gasteiger partial charge < -0.3 is 14.1 Å². The highest BCUT2D eigenvalue weighted by molar-refractivity contribution is 5.84. The Hall–Kier alpha value is -3.27. The van der Waals surface area contributed by atoms with Gasteiger partial charge in [0.2, 0.25) is 0 Å². The summed E-state index contributed by atoms with van der Waals surface area (Å²) in [6.07, 6.45) is 0. The number of anilines is 1. The highest BCUT2D eigenvalue weighted by Crippen LogP contribution is 2.45. The molecule has 0 atom stereocenters. The maximum atomic E-state index is 9.68. The molecule has 0 aliphatic carbocycles. The van der Waals surface area contributed by atoms with Crippen molar-refractivity contribution in [1.82, 2.24) is 0 Å². The van der Waals surface area contributed by atoms with Crippen LogP contribution < -0.4 is 4.90 Å². The van der Waals surface area contributed by atoms with E-state index in [-0.39, 0.29) is 16.9 Å². The van der Waals surface area contributed by atoms with E-state index in [0.29, 0.717) is 5.57 Å². The first-order valence-corrected chi connectivity index (χ1v) is 9.05. The first-order valence-electron chi connectivity index (χ1n) is 9.05. The molecule has 28 heavy (non-hydrogen) atoms.